The number of benzene rings is 1. The molecule has 0 heterocycles. The van der Waals surface area contributed by atoms with Gasteiger partial charge in [0, 0.05) is 18.6 Å². The lowest BCUT2D eigenvalue weighted by molar-refractivity contribution is 0.281. The highest BCUT2D eigenvalue weighted by molar-refractivity contribution is 7.89. The van der Waals surface area contributed by atoms with Gasteiger partial charge in [0.25, 0.3) is 0 Å². The fourth-order valence-electron chi connectivity index (χ4n) is 1.37. The highest BCUT2D eigenvalue weighted by Crippen LogP contribution is 2.31. The average Bonchev–Trinajstić information content (AvgIpc) is 2.31. The van der Waals surface area contributed by atoms with Crippen molar-refractivity contribution in [3.05, 3.63) is 40.4 Å². The summed E-state index contributed by atoms with van der Waals surface area (Å²) in [5.41, 5.74) is 0.273. The molecule has 0 aliphatic carbocycles. The highest BCUT2D eigenvalue weighted by atomic mass is 35.5. The third-order valence-corrected chi connectivity index (χ3v) is 4.95. The van der Waals surface area contributed by atoms with Crippen molar-refractivity contribution in [2.24, 2.45) is 0 Å². The first kappa shape index (κ1) is 15.5. The van der Waals surface area contributed by atoms with Crippen LogP contribution in [0.1, 0.15) is 5.56 Å². The number of sulfonamides is 1. The number of halogens is 2. The summed E-state index contributed by atoms with van der Waals surface area (Å²) in [6.07, 6.45) is 1.46. The summed E-state index contributed by atoms with van der Waals surface area (Å²) >= 11 is 11.8. The van der Waals surface area contributed by atoms with Crippen molar-refractivity contribution in [3.8, 4) is 0 Å². The van der Waals surface area contributed by atoms with Crippen molar-refractivity contribution in [1.82, 2.24) is 4.31 Å². The van der Waals surface area contributed by atoms with E-state index in [2.05, 4.69) is 6.58 Å². The number of likely N-dealkylation sites (N-methyl/N-ethyl adjacent to an activating group) is 1. The molecule has 4 nitrogen and oxygen atoms in total. The summed E-state index contributed by atoms with van der Waals surface area (Å²) in [5.74, 6) is 0. The van der Waals surface area contributed by atoms with Crippen LogP contribution in [-0.4, -0.2) is 31.4 Å². The zero-order chi connectivity index (χ0) is 13.9. The van der Waals surface area contributed by atoms with Crippen molar-refractivity contribution in [1.29, 1.82) is 0 Å². The summed E-state index contributed by atoms with van der Waals surface area (Å²) in [5, 5.41) is 9.29. The Labute approximate surface area is 116 Å². The second kappa shape index (κ2) is 6.04. The molecule has 1 aromatic rings. The molecule has 18 heavy (non-hydrogen) atoms. The van der Waals surface area contributed by atoms with Gasteiger partial charge in [0.1, 0.15) is 4.90 Å². The molecule has 0 atom stereocenters. The third kappa shape index (κ3) is 3.05. The maximum atomic E-state index is 12.2. The second-order valence-corrected chi connectivity index (χ2v) is 6.44. The number of aliphatic hydroxyl groups excluding tert-OH is 1. The molecule has 0 aromatic heterocycles. The van der Waals surface area contributed by atoms with Crippen molar-refractivity contribution >= 4 is 33.2 Å². The van der Waals surface area contributed by atoms with E-state index >= 15 is 0 Å². The van der Waals surface area contributed by atoms with Gasteiger partial charge in [0.2, 0.25) is 10.0 Å². The molecule has 1 aromatic carbocycles. The normalized spacial score (nSPS) is 11.8. The molecule has 1 rings (SSSR count). The fourth-order valence-corrected chi connectivity index (χ4v) is 3.41. The fraction of sp³-hybridized carbons (Fsp3) is 0.273. The van der Waals surface area contributed by atoms with Crippen molar-refractivity contribution < 1.29 is 13.5 Å². The lowest BCUT2D eigenvalue weighted by Crippen LogP contribution is -2.27. The molecule has 0 amide bonds. The Morgan fingerprint density at radius 1 is 1.44 bits per heavy atom. The van der Waals surface area contributed by atoms with Gasteiger partial charge in [-0.15, -0.1) is 6.58 Å². The van der Waals surface area contributed by atoms with E-state index in [0.717, 1.165) is 4.31 Å². The van der Waals surface area contributed by atoms with Crippen LogP contribution in [0.25, 0.3) is 0 Å². The molecule has 0 saturated heterocycles. The Hall–Kier alpha value is -0.590. The van der Waals surface area contributed by atoms with E-state index in [1.807, 2.05) is 0 Å². The third-order valence-electron chi connectivity index (χ3n) is 2.32. The van der Waals surface area contributed by atoms with Crippen LogP contribution in [0.5, 0.6) is 0 Å². The molecule has 0 fully saturated rings. The van der Waals surface area contributed by atoms with Gasteiger partial charge in [-0.1, -0.05) is 29.3 Å². The first-order chi connectivity index (χ1) is 8.34. The van der Waals surface area contributed by atoms with Gasteiger partial charge in [-0.05, 0) is 17.7 Å². The summed E-state index contributed by atoms with van der Waals surface area (Å²) in [6.45, 7) is 3.25. The van der Waals surface area contributed by atoms with Gasteiger partial charge >= 0.3 is 0 Å². The molecule has 0 unspecified atom stereocenters. The van der Waals surface area contributed by atoms with Crippen LogP contribution in [0.4, 0.5) is 0 Å². The zero-order valence-electron chi connectivity index (χ0n) is 9.73. The number of hydrogen-bond donors (Lipinski definition) is 1. The topological polar surface area (TPSA) is 57.6 Å². The highest BCUT2D eigenvalue weighted by Gasteiger charge is 2.24. The van der Waals surface area contributed by atoms with Crippen LogP contribution in [-0.2, 0) is 16.6 Å². The summed E-state index contributed by atoms with van der Waals surface area (Å²) in [7, 11) is -2.34. The van der Waals surface area contributed by atoms with Crippen LogP contribution in [0, 0.1) is 0 Å². The molecule has 0 bridgehead atoms. The van der Waals surface area contributed by atoms with Crippen molar-refractivity contribution in [2.45, 2.75) is 11.5 Å². The minimum absolute atomic E-state index is 0.0159. The largest absolute Gasteiger partial charge is 0.392 e. The summed E-state index contributed by atoms with van der Waals surface area (Å²) in [6, 6.07) is 2.69. The lowest BCUT2D eigenvalue weighted by atomic mass is 10.2. The minimum Gasteiger partial charge on any atom is -0.392 e. The van der Waals surface area contributed by atoms with Crippen LogP contribution in [0.2, 0.25) is 10.0 Å². The van der Waals surface area contributed by atoms with Crippen LogP contribution in [0.15, 0.2) is 29.7 Å². The van der Waals surface area contributed by atoms with Crippen molar-refractivity contribution in [2.75, 3.05) is 13.6 Å². The summed E-state index contributed by atoms with van der Waals surface area (Å²) < 4.78 is 25.5. The number of nitrogens with zero attached hydrogens (tertiary/aromatic N) is 1. The van der Waals surface area contributed by atoms with E-state index < -0.39 is 10.0 Å². The van der Waals surface area contributed by atoms with Gasteiger partial charge in [-0.3, -0.25) is 0 Å². The molecule has 0 saturated carbocycles. The van der Waals surface area contributed by atoms with Gasteiger partial charge in [-0.2, -0.15) is 4.31 Å². The summed E-state index contributed by atoms with van der Waals surface area (Å²) in [4.78, 5) is -0.120. The first-order valence-electron chi connectivity index (χ1n) is 5.00. The molecule has 0 spiro atoms. The smallest absolute Gasteiger partial charge is 0.244 e. The first-order valence-corrected chi connectivity index (χ1v) is 7.20. The monoisotopic (exact) mass is 309 g/mol. The second-order valence-electron chi connectivity index (χ2n) is 3.61. The van der Waals surface area contributed by atoms with E-state index in [9.17, 15) is 8.42 Å². The van der Waals surface area contributed by atoms with Crippen LogP contribution >= 0.6 is 23.2 Å². The Morgan fingerprint density at radius 3 is 2.56 bits per heavy atom. The van der Waals surface area contributed by atoms with E-state index in [1.165, 1.54) is 25.3 Å². The predicted octanol–water partition coefficient (Wildman–Crippen LogP) is 2.29. The molecule has 0 aliphatic heterocycles. The maximum absolute atomic E-state index is 12.2. The van der Waals surface area contributed by atoms with Gasteiger partial charge < -0.3 is 5.11 Å². The Bertz CT molecular complexity index is 558. The number of rotatable bonds is 5. The molecule has 1 N–H and O–H groups in total. The van der Waals surface area contributed by atoms with Gasteiger partial charge in [0.05, 0.1) is 11.6 Å². The molecule has 0 radical (unpaired) electrons. The minimum atomic E-state index is -3.75. The molecule has 100 valence electrons. The van der Waals surface area contributed by atoms with Crippen LogP contribution in [0.3, 0.4) is 0 Å². The van der Waals surface area contributed by atoms with E-state index in [1.54, 1.807) is 0 Å². The maximum Gasteiger partial charge on any atom is 0.244 e. The average molecular weight is 310 g/mol. The SMILES string of the molecule is C=CCN(C)S(=O)(=O)c1cc(Cl)cc(CO)c1Cl. The van der Waals surface area contributed by atoms with Gasteiger partial charge in [0.15, 0.2) is 0 Å². The molecular formula is C11H13Cl2NO3S. The Morgan fingerprint density at radius 2 is 2.06 bits per heavy atom. The lowest BCUT2D eigenvalue weighted by Gasteiger charge is -2.17. The van der Waals surface area contributed by atoms with Crippen LogP contribution < -0.4 is 0 Å². The molecule has 7 heteroatoms. The van der Waals surface area contributed by atoms with Crippen molar-refractivity contribution in [3.63, 3.8) is 0 Å². The Kier molecular flexibility index (Phi) is 5.19. The van der Waals surface area contributed by atoms with E-state index in [4.69, 9.17) is 28.3 Å². The molecular weight excluding hydrogens is 297 g/mol. The number of hydrogen-bond acceptors (Lipinski definition) is 3. The zero-order valence-corrected chi connectivity index (χ0v) is 12.1. The van der Waals surface area contributed by atoms with E-state index in [0.29, 0.717) is 0 Å². The predicted molar refractivity (Wildman–Crippen MR) is 72.4 cm³/mol. The molecule has 0 aliphatic rings. The van der Waals surface area contributed by atoms with Gasteiger partial charge in [-0.25, -0.2) is 8.42 Å². The number of aliphatic hydroxyl groups is 1. The standard InChI is InChI=1S/C11H13Cl2NO3S/c1-3-4-14(2)18(16,17)10-6-9(12)5-8(7-15)11(10)13/h3,5-6,15H,1,4,7H2,2H3. The quantitative estimate of drug-likeness (QED) is 0.849. The Balaban J connectivity index is 3.41. The van der Waals surface area contributed by atoms with E-state index in [-0.39, 0.29) is 33.7 Å².